The molecule has 0 saturated carbocycles. The highest BCUT2D eigenvalue weighted by Crippen LogP contribution is 2.49. The van der Waals surface area contributed by atoms with Gasteiger partial charge in [-0.3, -0.25) is 9.48 Å². The van der Waals surface area contributed by atoms with E-state index in [1.165, 1.54) is 14.2 Å². The number of rotatable bonds is 10. The van der Waals surface area contributed by atoms with Crippen molar-refractivity contribution in [1.29, 1.82) is 0 Å². The van der Waals surface area contributed by atoms with E-state index in [0.29, 0.717) is 57.6 Å². The number of amides is 1. The number of anilines is 1. The Morgan fingerprint density at radius 2 is 1.70 bits per heavy atom. The first-order valence-corrected chi connectivity index (χ1v) is 18.5. The highest BCUT2D eigenvalue weighted by atomic mass is 35.5. The zero-order valence-electron chi connectivity index (χ0n) is 31.9. The molecule has 0 saturated heterocycles. The summed E-state index contributed by atoms with van der Waals surface area (Å²) >= 11 is 13.5. The molecule has 0 spiro atoms. The molecule has 4 heterocycles. The van der Waals surface area contributed by atoms with E-state index in [4.69, 9.17) is 42.5 Å². The summed E-state index contributed by atoms with van der Waals surface area (Å²) in [7, 11) is 6.61. The molecule has 54 heavy (non-hydrogen) atoms. The monoisotopic (exact) mass is 771 g/mol. The number of halogens is 2. The fraction of sp³-hybridized carbons (Fsp3) is 0.341. The number of aromatic nitrogens is 4. The van der Waals surface area contributed by atoms with E-state index in [-0.39, 0.29) is 29.9 Å². The molecule has 1 atom stereocenters. The van der Waals surface area contributed by atoms with Crippen molar-refractivity contribution in [3.05, 3.63) is 85.9 Å². The molecule has 3 aromatic heterocycles. The number of hydrogen-bond acceptors (Lipinski definition) is 6. The van der Waals surface area contributed by atoms with Crippen molar-refractivity contribution >= 4 is 62.6 Å². The average molecular weight is 773 g/mol. The molecular formula is C41H43Cl2N5O6. The topological polar surface area (TPSA) is 113 Å². The number of carbonyl (C=O) groups excluding carboxylic acids is 1. The van der Waals surface area contributed by atoms with E-state index in [1.54, 1.807) is 28.6 Å². The standard InChI is InChI=1S/C41H43Cl2N5O6/c1-20-17-25(18-21(2)34(20)43)54-16-10-11-26-27-12-13-28(42)32(31-23(4)44-46(7)24(31)5)35(27)48-22(3)19-47(40(49)36(26)48)37-33-29(45(6)38(37)41(50)51)14-15-30(52-8)39(33)53-9/h12-15,17-18,22H,10-11,16,19H2,1-9H3,(H,50,51)/t22-/m1/s1. The molecule has 0 radical (unpaired) electrons. The van der Waals surface area contributed by atoms with Gasteiger partial charge in [-0.15, -0.1) is 0 Å². The molecule has 1 aliphatic heterocycles. The summed E-state index contributed by atoms with van der Waals surface area (Å²) in [6.07, 6.45) is 1.10. The van der Waals surface area contributed by atoms with E-state index >= 15 is 4.79 Å². The van der Waals surface area contributed by atoms with Gasteiger partial charge in [0.05, 0.1) is 53.7 Å². The van der Waals surface area contributed by atoms with Gasteiger partial charge >= 0.3 is 5.97 Å². The quantitative estimate of drug-likeness (QED) is 0.138. The van der Waals surface area contributed by atoms with Crippen LogP contribution in [0.2, 0.25) is 10.0 Å². The highest BCUT2D eigenvalue weighted by Gasteiger charge is 2.40. The number of methoxy groups -OCH3 is 2. The average Bonchev–Trinajstić information content (AvgIpc) is 3.72. The molecule has 0 aliphatic carbocycles. The number of ether oxygens (including phenoxy) is 3. The van der Waals surface area contributed by atoms with Crippen LogP contribution in [-0.2, 0) is 20.5 Å². The predicted octanol–water partition coefficient (Wildman–Crippen LogP) is 9.02. The Kier molecular flexibility index (Phi) is 9.60. The molecule has 0 bridgehead atoms. The lowest BCUT2D eigenvalue weighted by molar-refractivity contribution is 0.0687. The van der Waals surface area contributed by atoms with Gasteiger partial charge < -0.3 is 33.4 Å². The van der Waals surface area contributed by atoms with Gasteiger partial charge in [0, 0.05) is 53.9 Å². The molecule has 1 amide bonds. The Hall–Kier alpha value is -5.13. The van der Waals surface area contributed by atoms with E-state index < -0.39 is 5.97 Å². The van der Waals surface area contributed by atoms with E-state index in [0.717, 1.165) is 55.9 Å². The molecule has 1 N–H and O–H groups in total. The lowest BCUT2D eigenvalue weighted by Gasteiger charge is -2.34. The normalized spacial score (nSPS) is 14.3. The van der Waals surface area contributed by atoms with Gasteiger partial charge in [-0.1, -0.05) is 29.3 Å². The maximum atomic E-state index is 15.3. The largest absolute Gasteiger partial charge is 0.494 e. The van der Waals surface area contributed by atoms with Gasteiger partial charge in [-0.25, -0.2) is 4.79 Å². The van der Waals surface area contributed by atoms with Crippen LogP contribution in [0.15, 0.2) is 36.4 Å². The van der Waals surface area contributed by atoms with Crippen molar-refractivity contribution in [2.45, 2.75) is 53.5 Å². The smallest absolute Gasteiger partial charge is 0.354 e. The van der Waals surface area contributed by atoms with Gasteiger partial charge in [0.1, 0.15) is 11.4 Å². The predicted molar refractivity (Wildman–Crippen MR) is 213 cm³/mol. The van der Waals surface area contributed by atoms with Crippen molar-refractivity contribution in [3.8, 4) is 28.4 Å². The maximum absolute atomic E-state index is 15.3. The molecule has 6 aromatic rings. The van der Waals surface area contributed by atoms with E-state index in [9.17, 15) is 9.90 Å². The van der Waals surface area contributed by atoms with Crippen LogP contribution in [0.5, 0.6) is 17.2 Å². The van der Waals surface area contributed by atoms with Crippen molar-refractivity contribution < 1.29 is 28.9 Å². The van der Waals surface area contributed by atoms with Crippen molar-refractivity contribution in [1.82, 2.24) is 18.9 Å². The number of carbonyl (C=O) groups is 2. The molecule has 11 nitrogen and oxygen atoms in total. The number of benzene rings is 3. The first-order valence-electron chi connectivity index (χ1n) is 17.8. The fourth-order valence-electron chi connectivity index (χ4n) is 8.25. The number of hydrogen-bond donors (Lipinski definition) is 1. The maximum Gasteiger partial charge on any atom is 0.354 e. The Morgan fingerprint density at radius 3 is 2.31 bits per heavy atom. The summed E-state index contributed by atoms with van der Waals surface area (Å²) < 4.78 is 23.2. The third-order valence-electron chi connectivity index (χ3n) is 10.7. The van der Waals surface area contributed by atoms with Crippen LogP contribution in [-0.4, -0.2) is 63.3 Å². The third-order valence-corrected chi connectivity index (χ3v) is 11.6. The van der Waals surface area contributed by atoms with Crippen LogP contribution >= 0.6 is 23.2 Å². The second-order valence-corrected chi connectivity index (χ2v) is 14.8. The zero-order valence-corrected chi connectivity index (χ0v) is 33.4. The minimum absolute atomic E-state index is 0.0319. The molecule has 282 valence electrons. The third kappa shape index (κ3) is 5.67. The van der Waals surface area contributed by atoms with Crippen molar-refractivity contribution in [2.75, 3.05) is 32.3 Å². The summed E-state index contributed by atoms with van der Waals surface area (Å²) in [5.41, 5.74) is 8.32. The second kappa shape index (κ2) is 13.9. The van der Waals surface area contributed by atoms with Gasteiger partial charge in [0.15, 0.2) is 17.2 Å². The molecule has 7 rings (SSSR count). The zero-order chi connectivity index (χ0) is 38.9. The molecule has 13 heteroatoms. The van der Waals surface area contributed by atoms with Crippen LogP contribution in [0.4, 0.5) is 5.69 Å². The second-order valence-electron chi connectivity index (χ2n) is 14.0. The number of fused-ring (bicyclic) bond motifs is 4. The van der Waals surface area contributed by atoms with Gasteiger partial charge in [0.2, 0.25) is 0 Å². The number of carboxylic acid groups (broad SMARTS) is 1. The highest BCUT2D eigenvalue weighted by molar-refractivity contribution is 6.35. The van der Waals surface area contributed by atoms with Crippen LogP contribution in [0.25, 0.3) is 32.9 Å². The van der Waals surface area contributed by atoms with Crippen LogP contribution in [0.1, 0.15) is 68.4 Å². The molecule has 3 aromatic carbocycles. The summed E-state index contributed by atoms with van der Waals surface area (Å²) in [5.74, 6) is 0.00539. The first-order chi connectivity index (χ1) is 25.7. The Labute approximate surface area is 323 Å². The van der Waals surface area contributed by atoms with Crippen molar-refractivity contribution in [2.24, 2.45) is 14.1 Å². The van der Waals surface area contributed by atoms with Gasteiger partial charge in [0.25, 0.3) is 5.91 Å². The van der Waals surface area contributed by atoms with Crippen LogP contribution < -0.4 is 19.1 Å². The lowest BCUT2D eigenvalue weighted by atomic mass is 9.98. The fourth-order valence-corrected chi connectivity index (χ4v) is 8.61. The summed E-state index contributed by atoms with van der Waals surface area (Å²) in [5, 5.41) is 18.0. The van der Waals surface area contributed by atoms with Crippen molar-refractivity contribution in [3.63, 3.8) is 0 Å². The number of aromatic carboxylic acids is 1. The van der Waals surface area contributed by atoms with Crippen LogP contribution in [0, 0.1) is 27.7 Å². The van der Waals surface area contributed by atoms with E-state index in [1.807, 2.05) is 70.6 Å². The number of aryl methyl sites for hydroxylation is 6. The van der Waals surface area contributed by atoms with E-state index in [2.05, 4.69) is 4.57 Å². The Morgan fingerprint density at radius 1 is 1.00 bits per heavy atom. The van der Waals surface area contributed by atoms with Crippen LogP contribution in [0.3, 0.4) is 0 Å². The number of nitrogens with zero attached hydrogens (tertiary/aromatic N) is 5. The SMILES string of the molecule is COc1ccc2c(c1OC)c(N1C[C@@H](C)n3c(c(CCCOc4cc(C)c(Cl)c(C)c4)c4ccc(Cl)c(-c5c(C)nn(C)c5C)c43)C1=O)c(C(=O)O)n2C. The summed E-state index contributed by atoms with van der Waals surface area (Å²) in [4.78, 5) is 29.9. The minimum Gasteiger partial charge on any atom is -0.494 e. The van der Waals surface area contributed by atoms with Gasteiger partial charge in [-0.2, -0.15) is 5.10 Å². The molecular weight excluding hydrogens is 729 g/mol. The number of carboxylic acids is 1. The Balaban J connectivity index is 1.44. The first kappa shape index (κ1) is 37.2. The molecule has 1 aliphatic rings. The minimum atomic E-state index is -1.17. The van der Waals surface area contributed by atoms with Gasteiger partial charge in [-0.05, 0) is 94.5 Å². The Bertz CT molecular complexity index is 2510. The lowest BCUT2D eigenvalue weighted by Crippen LogP contribution is -2.43. The summed E-state index contributed by atoms with van der Waals surface area (Å²) in [6, 6.07) is 10.9. The molecule has 0 unspecified atom stereocenters. The summed E-state index contributed by atoms with van der Waals surface area (Å²) in [6.45, 7) is 10.5. The molecule has 0 fully saturated rings.